The maximum atomic E-state index is 12.2. The van der Waals surface area contributed by atoms with Crippen LogP contribution in [0.15, 0.2) is 35.3 Å². The standard InChI is InChI=1S/C16H17F3N4O/c1-10-9-11(2)23(22-10)8-7-12-3-5-13(6-4-12)14(20)21-15(24)16(17,18)19/h3-6,9H,7-8H2,1-2H3,(H2,20,21,24). The highest BCUT2D eigenvalue weighted by atomic mass is 19.4. The average Bonchev–Trinajstić information content (AvgIpc) is 2.82. The van der Waals surface area contributed by atoms with Crippen molar-refractivity contribution in [1.29, 1.82) is 0 Å². The molecule has 2 N–H and O–H groups in total. The zero-order valence-electron chi connectivity index (χ0n) is 13.3. The van der Waals surface area contributed by atoms with Gasteiger partial charge in [-0.15, -0.1) is 0 Å². The maximum Gasteiger partial charge on any atom is 0.473 e. The Morgan fingerprint density at radius 1 is 1.25 bits per heavy atom. The van der Waals surface area contributed by atoms with E-state index in [1.807, 2.05) is 24.6 Å². The second-order valence-electron chi connectivity index (χ2n) is 5.40. The third-order valence-corrected chi connectivity index (χ3v) is 3.43. The van der Waals surface area contributed by atoms with Gasteiger partial charge < -0.3 is 5.73 Å². The van der Waals surface area contributed by atoms with E-state index in [4.69, 9.17) is 5.73 Å². The van der Waals surface area contributed by atoms with Crippen molar-refractivity contribution in [3.8, 4) is 0 Å². The number of rotatable bonds is 4. The van der Waals surface area contributed by atoms with Crippen LogP contribution in [0.5, 0.6) is 0 Å². The molecule has 0 aliphatic heterocycles. The first kappa shape index (κ1) is 17.7. The number of aryl methyl sites for hydroxylation is 4. The first-order valence-corrected chi connectivity index (χ1v) is 7.22. The van der Waals surface area contributed by atoms with E-state index in [2.05, 4.69) is 10.1 Å². The summed E-state index contributed by atoms with van der Waals surface area (Å²) in [6.45, 7) is 4.58. The van der Waals surface area contributed by atoms with Crippen molar-refractivity contribution in [2.45, 2.75) is 33.0 Å². The monoisotopic (exact) mass is 338 g/mol. The molecule has 0 aliphatic rings. The SMILES string of the molecule is Cc1cc(C)n(CCc2ccc(C(N)=NC(=O)C(F)(F)F)cc2)n1. The van der Waals surface area contributed by atoms with E-state index in [0.717, 1.165) is 17.0 Å². The maximum absolute atomic E-state index is 12.2. The molecule has 24 heavy (non-hydrogen) atoms. The second kappa shape index (κ2) is 6.86. The first-order chi connectivity index (χ1) is 11.2. The van der Waals surface area contributed by atoms with Crippen molar-refractivity contribution < 1.29 is 18.0 Å². The van der Waals surface area contributed by atoms with Crippen molar-refractivity contribution in [3.05, 3.63) is 52.8 Å². The number of hydrogen-bond donors (Lipinski definition) is 1. The van der Waals surface area contributed by atoms with Gasteiger partial charge in [0.25, 0.3) is 0 Å². The van der Waals surface area contributed by atoms with Crippen LogP contribution in [0.4, 0.5) is 13.2 Å². The van der Waals surface area contributed by atoms with Crippen LogP contribution in [0.3, 0.4) is 0 Å². The summed E-state index contributed by atoms with van der Waals surface area (Å²) in [7, 11) is 0. The van der Waals surface area contributed by atoms with Crippen LogP contribution in [-0.2, 0) is 17.8 Å². The summed E-state index contributed by atoms with van der Waals surface area (Å²) in [5, 5.41) is 4.36. The highest BCUT2D eigenvalue weighted by Gasteiger charge is 2.38. The zero-order chi connectivity index (χ0) is 17.9. The largest absolute Gasteiger partial charge is 0.473 e. The lowest BCUT2D eigenvalue weighted by molar-refractivity contribution is -0.169. The van der Waals surface area contributed by atoms with Gasteiger partial charge in [-0.05, 0) is 31.9 Å². The molecule has 128 valence electrons. The van der Waals surface area contributed by atoms with E-state index >= 15 is 0 Å². The van der Waals surface area contributed by atoms with Gasteiger partial charge in [0.2, 0.25) is 0 Å². The molecular weight excluding hydrogens is 321 g/mol. The van der Waals surface area contributed by atoms with Gasteiger partial charge in [-0.3, -0.25) is 9.48 Å². The minimum absolute atomic E-state index is 0.266. The number of halogens is 3. The number of alkyl halides is 3. The summed E-state index contributed by atoms with van der Waals surface area (Å²) in [5.74, 6) is -2.67. The predicted molar refractivity (Wildman–Crippen MR) is 83.6 cm³/mol. The number of nitrogens with two attached hydrogens (primary N) is 1. The number of benzene rings is 1. The van der Waals surface area contributed by atoms with Crippen LogP contribution in [0.1, 0.15) is 22.5 Å². The van der Waals surface area contributed by atoms with Gasteiger partial charge in [0.15, 0.2) is 0 Å². The summed E-state index contributed by atoms with van der Waals surface area (Å²) in [5.41, 5.74) is 8.69. The first-order valence-electron chi connectivity index (χ1n) is 7.22. The quantitative estimate of drug-likeness (QED) is 0.688. The van der Waals surface area contributed by atoms with Gasteiger partial charge in [-0.2, -0.15) is 23.3 Å². The number of carbonyl (C=O) groups is 1. The van der Waals surface area contributed by atoms with Crippen LogP contribution in [0.25, 0.3) is 0 Å². The zero-order valence-corrected chi connectivity index (χ0v) is 13.3. The van der Waals surface area contributed by atoms with Gasteiger partial charge in [0, 0.05) is 17.8 Å². The molecule has 1 aromatic heterocycles. The lowest BCUT2D eigenvalue weighted by Gasteiger charge is -2.06. The fourth-order valence-electron chi connectivity index (χ4n) is 2.22. The van der Waals surface area contributed by atoms with Crippen molar-refractivity contribution in [2.75, 3.05) is 0 Å². The number of aliphatic imine (C=N–C) groups is 1. The molecule has 0 fully saturated rings. The topological polar surface area (TPSA) is 73.3 Å². The molecule has 1 heterocycles. The molecule has 0 aliphatic carbocycles. The fraction of sp³-hybridized carbons (Fsp3) is 0.312. The Hall–Kier alpha value is -2.64. The predicted octanol–water partition coefficient (Wildman–Crippen LogP) is 2.54. The Balaban J connectivity index is 2.04. The Labute approximate surface area is 137 Å². The fourth-order valence-corrected chi connectivity index (χ4v) is 2.22. The molecule has 0 radical (unpaired) electrons. The third-order valence-electron chi connectivity index (χ3n) is 3.43. The van der Waals surface area contributed by atoms with Gasteiger partial charge in [-0.1, -0.05) is 24.3 Å². The molecule has 0 unspecified atom stereocenters. The Kier molecular flexibility index (Phi) is 5.06. The van der Waals surface area contributed by atoms with Crippen LogP contribution < -0.4 is 5.73 Å². The van der Waals surface area contributed by atoms with Crippen LogP contribution in [0.2, 0.25) is 0 Å². The summed E-state index contributed by atoms with van der Waals surface area (Å²) in [4.78, 5) is 13.7. The molecule has 0 atom stereocenters. The molecule has 1 amide bonds. The minimum Gasteiger partial charge on any atom is -0.383 e. The molecule has 0 saturated heterocycles. The number of aromatic nitrogens is 2. The molecule has 5 nitrogen and oxygen atoms in total. The molecule has 1 aromatic carbocycles. The van der Waals surface area contributed by atoms with Gasteiger partial charge >= 0.3 is 12.1 Å². The second-order valence-corrected chi connectivity index (χ2v) is 5.40. The van der Waals surface area contributed by atoms with E-state index < -0.39 is 17.9 Å². The van der Waals surface area contributed by atoms with E-state index in [-0.39, 0.29) is 5.56 Å². The van der Waals surface area contributed by atoms with Crippen LogP contribution in [-0.4, -0.2) is 27.7 Å². The van der Waals surface area contributed by atoms with E-state index in [0.29, 0.717) is 13.0 Å². The number of hydrogen-bond acceptors (Lipinski definition) is 2. The number of amides is 1. The Morgan fingerprint density at radius 3 is 2.38 bits per heavy atom. The smallest absolute Gasteiger partial charge is 0.383 e. The van der Waals surface area contributed by atoms with Crippen molar-refractivity contribution >= 4 is 11.7 Å². The molecule has 0 saturated carbocycles. The molecular formula is C16H17F3N4O. The number of carbonyl (C=O) groups excluding carboxylic acids is 1. The Morgan fingerprint density at radius 2 is 1.88 bits per heavy atom. The summed E-state index contributed by atoms with van der Waals surface area (Å²) in [6, 6.07) is 8.54. The molecule has 8 heteroatoms. The average molecular weight is 338 g/mol. The third kappa shape index (κ3) is 4.43. The lowest BCUT2D eigenvalue weighted by atomic mass is 10.1. The van der Waals surface area contributed by atoms with Crippen LogP contribution >= 0.6 is 0 Å². The van der Waals surface area contributed by atoms with E-state index in [1.54, 1.807) is 24.3 Å². The van der Waals surface area contributed by atoms with E-state index in [1.165, 1.54) is 0 Å². The Bertz CT molecular complexity index is 761. The van der Waals surface area contributed by atoms with Gasteiger partial charge in [0.1, 0.15) is 5.84 Å². The van der Waals surface area contributed by atoms with Crippen LogP contribution in [0, 0.1) is 13.8 Å². The molecule has 2 rings (SSSR count). The minimum atomic E-state index is -5.02. The van der Waals surface area contributed by atoms with Crippen molar-refractivity contribution in [1.82, 2.24) is 9.78 Å². The van der Waals surface area contributed by atoms with E-state index in [9.17, 15) is 18.0 Å². The summed E-state index contributed by atoms with van der Waals surface area (Å²) < 4.78 is 38.4. The van der Waals surface area contributed by atoms with Gasteiger partial charge in [-0.25, -0.2) is 0 Å². The van der Waals surface area contributed by atoms with Crippen molar-refractivity contribution in [2.24, 2.45) is 10.7 Å². The highest BCUT2D eigenvalue weighted by Crippen LogP contribution is 2.17. The van der Waals surface area contributed by atoms with Gasteiger partial charge in [0.05, 0.1) is 5.69 Å². The molecule has 2 aromatic rings. The number of nitrogens with zero attached hydrogens (tertiary/aromatic N) is 3. The molecule has 0 bridgehead atoms. The normalized spacial score (nSPS) is 12.5. The summed E-state index contributed by atoms with van der Waals surface area (Å²) in [6.07, 6.45) is -4.31. The molecule has 0 spiro atoms. The van der Waals surface area contributed by atoms with Crippen molar-refractivity contribution in [3.63, 3.8) is 0 Å². The number of amidine groups is 1. The highest BCUT2D eigenvalue weighted by molar-refractivity contribution is 6.05. The summed E-state index contributed by atoms with van der Waals surface area (Å²) >= 11 is 0. The lowest BCUT2D eigenvalue weighted by Crippen LogP contribution is -2.25.